The summed E-state index contributed by atoms with van der Waals surface area (Å²) < 4.78 is 3.76. The van der Waals surface area contributed by atoms with E-state index < -0.39 is 6.10 Å². The Bertz CT molecular complexity index is 1420. The van der Waals surface area contributed by atoms with Crippen LogP contribution in [0.25, 0.3) is 17.1 Å². The van der Waals surface area contributed by atoms with Crippen LogP contribution in [-0.4, -0.2) is 34.6 Å². The van der Waals surface area contributed by atoms with Gasteiger partial charge in [0.05, 0.1) is 29.1 Å². The van der Waals surface area contributed by atoms with Crippen molar-refractivity contribution in [1.82, 2.24) is 29.5 Å². The molecule has 0 aliphatic heterocycles. The first-order valence-corrected chi connectivity index (χ1v) is 11.8. The Morgan fingerprint density at radius 3 is 2.51 bits per heavy atom. The predicted molar refractivity (Wildman–Crippen MR) is 132 cm³/mol. The first-order chi connectivity index (χ1) is 16.9. The number of aliphatic hydroxyl groups is 1. The highest BCUT2D eigenvalue weighted by atomic mass is 16.3. The molecular formula is C26H28N8O. The molecule has 3 aromatic heterocycles. The number of hydrogen-bond acceptors (Lipinski definition) is 7. The number of anilines is 2. The number of nitrogens with zero attached hydrogens (tertiary/aromatic N) is 7. The van der Waals surface area contributed by atoms with E-state index in [1.807, 2.05) is 55.8 Å². The van der Waals surface area contributed by atoms with Gasteiger partial charge in [0.15, 0.2) is 5.82 Å². The van der Waals surface area contributed by atoms with Crippen LogP contribution in [0.15, 0.2) is 36.7 Å². The Morgan fingerprint density at radius 1 is 1.14 bits per heavy atom. The van der Waals surface area contributed by atoms with Crippen molar-refractivity contribution in [3.8, 4) is 23.1 Å². The van der Waals surface area contributed by atoms with Crippen molar-refractivity contribution in [1.29, 1.82) is 5.26 Å². The van der Waals surface area contributed by atoms with Crippen molar-refractivity contribution in [2.75, 3.05) is 5.32 Å². The van der Waals surface area contributed by atoms with E-state index in [-0.39, 0.29) is 0 Å². The number of nitrogens with one attached hydrogen (secondary N) is 1. The molecule has 0 radical (unpaired) electrons. The largest absolute Gasteiger partial charge is 0.389 e. The molecule has 178 valence electrons. The summed E-state index contributed by atoms with van der Waals surface area (Å²) in [7, 11) is 0. The van der Waals surface area contributed by atoms with Crippen molar-refractivity contribution in [3.63, 3.8) is 0 Å². The summed E-state index contributed by atoms with van der Waals surface area (Å²) in [5.41, 5.74) is 5.92. The maximum Gasteiger partial charge on any atom is 0.159 e. The zero-order valence-electron chi connectivity index (χ0n) is 20.3. The fourth-order valence-corrected chi connectivity index (χ4v) is 4.50. The van der Waals surface area contributed by atoms with Crippen LogP contribution >= 0.6 is 0 Å². The lowest BCUT2D eigenvalue weighted by molar-refractivity contribution is 0.197. The quantitative estimate of drug-likeness (QED) is 0.409. The van der Waals surface area contributed by atoms with Crippen LogP contribution < -0.4 is 5.32 Å². The van der Waals surface area contributed by atoms with Gasteiger partial charge in [-0.3, -0.25) is 0 Å². The summed E-state index contributed by atoms with van der Waals surface area (Å²) in [5.74, 6) is 2.78. The fourth-order valence-electron chi connectivity index (χ4n) is 4.50. The molecule has 1 aliphatic carbocycles. The van der Waals surface area contributed by atoms with E-state index in [1.54, 1.807) is 11.6 Å². The van der Waals surface area contributed by atoms with Gasteiger partial charge in [-0.05, 0) is 58.6 Å². The van der Waals surface area contributed by atoms with E-state index >= 15 is 0 Å². The standard InChI is InChI=1S/C26H28N8O/c1-15-25(21-9-7-19(12-27)8-10-21)32-33(13-20-5-6-20)26(15)30-22-11-23(29-14-28-22)34-17(3)24(18(4)35)16(2)31-34/h7-11,14,18,20,35H,5-6,13H2,1-4H3,(H,28,29,30)/t18-/m1/s1. The van der Waals surface area contributed by atoms with E-state index in [4.69, 9.17) is 10.4 Å². The third-order valence-electron chi connectivity index (χ3n) is 6.49. The lowest BCUT2D eigenvalue weighted by Crippen LogP contribution is -2.09. The van der Waals surface area contributed by atoms with Crippen molar-refractivity contribution in [3.05, 3.63) is 64.7 Å². The summed E-state index contributed by atoms with van der Waals surface area (Å²) in [6.45, 7) is 8.44. The number of hydrogen-bond donors (Lipinski definition) is 2. The van der Waals surface area contributed by atoms with Crippen molar-refractivity contribution in [2.45, 2.75) is 53.2 Å². The molecule has 0 unspecified atom stereocenters. The van der Waals surface area contributed by atoms with Gasteiger partial charge in [-0.25, -0.2) is 19.3 Å². The summed E-state index contributed by atoms with van der Waals surface area (Å²) in [4.78, 5) is 8.86. The molecule has 2 N–H and O–H groups in total. The minimum Gasteiger partial charge on any atom is -0.389 e. The Morgan fingerprint density at radius 2 is 1.89 bits per heavy atom. The van der Waals surface area contributed by atoms with Gasteiger partial charge in [0.1, 0.15) is 18.0 Å². The van der Waals surface area contributed by atoms with Crippen LogP contribution in [0.5, 0.6) is 0 Å². The van der Waals surface area contributed by atoms with E-state index in [0.29, 0.717) is 23.1 Å². The molecule has 0 bridgehead atoms. The first-order valence-electron chi connectivity index (χ1n) is 11.8. The SMILES string of the molecule is Cc1nn(-c2cc(Nc3c(C)c(-c4ccc(C#N)cc4)nn3CC3CC3)ncn2)c(C)c1[C@@H](C)O. The van der Waals surface area contributed by atoms with Crippen LogP contribution in [0.4, 0.5) is 11.6 Å². The Hall–Kier alpha value is -4.03. The van der Waals surface area contributed by atoms with Gasteiger partial charge in [-0.15, -0.1) is 0 Å². The first kappa shape index (κ1) is 22.7. The van der Waals surface area contributed by atoms with Crippen molar-refractivity contribution in [2.24, 2.45) is 5.92 Å². The lowest BCUT2D eigenvalue weighted by atomic mass is 10.1. The molecule has 4 aromatic rings. The number of aryl methyl sites for hydroxylation is 1. The van der Waals surface area contributed by atoms with Crippen molar-refractivity contribution < 1.29 is 5.11 Å². The molecule has 0 saturated heterocycles. The van der Waals surface area contributed by atoms with Gasteiger partial charge in [-0.2, -0.15) is 15.5 Å². The summed E-state index contributed by atoms with van der Waals surface area (Å²) in [6, 6.07) is 11.5. The number of aliphatic hydroxyl groups excluding tert-OH is 1. The molecule has 0 spiro atoms. The van der Waals surface area contributed by atoms with Crippen molar-refractivity contribution >= 4 is 11.6 Å². The van der Waals surface area contributed by atoms with Crippen LogP contribution in [-0.2, 0) is 6.54 Å². The van der Waals surface area contributed by atoms with Gasteiger partial charge in [0, 0.05) is 35.0 Å². The molecule has 9 heteroatoms. The third-order valence-corrected chi connectivity index (χ3v) is 6.49. The second kappa shape index (κ2) is 8.96. The molecule has 1 aromatic carbocycles. The molecule has 9 nitrogen and oxygen atoms in total. The van der Waals surface area contributed by atoms with Crippen LogP contribution in [0.1, 0.15) is 53.9 Å². The highest BCUT2D eigenvalue weighted by Crippen LogP contribution is 2.35. The molecular weight excluding hydrogens is 440 g/mol. The van der Waals surface area contributed by atoms with Crippen LogP contribution in [0.3, 0.4) is 0 Å². The smallest absolute Gasteiger partial charge is 0.159 e. The molecule has 3 heterocycles. The topological polar surface area (TPSA) is 117 Å². The maximum atomic E-state index is 10.1. The third kappa shape index (κ3) is 4.40. The Balaban J connectivity index is 1.51. The maximum absolute atomic E-state index is 10.1. The van der Waals surface area contributed by atoms with Gasteiger partial charge >= 0.3 is 0 Å². The molecule has 1 aliphatic rings. The number of nitriles is 1. The average molecular weight is 469 g/mol. The minimum absolute atomic E-state index is 0.608. The second-order valence-corrected chi connectivity index (χ2v) is 9.20. The summed E-state index contributed by atoms with van der Waals surface area (Å²) in [6.07, 6.45) is 3.33. The van der Waals surface area contributed by atoms with Gasteiger partial charge in [-0.1, -0.05) is 12.1 Å². The number of aromatic nitrogens is 6. The summed E-state index contributed by atoms with van der Waals surface area (Å²) >= 11 is 0. The minimum atomic E-state index is -0.608. The average Bonchev–Trinajstić information content (AvgIpc) is 3.55. The Kier molecular flexibility index (Phi) is 5.83. The normalized spacial score (nSPS) is 14.1. The van der Waals surface area contributed by atoms with E-state index in [2.05, 4.69) is 26.5 Å². The number of benzene rings is 1. The predicted octanol–water partition coefficient (Wildman–Crippen LogP) is 4.53. The molecule has 35 heavy (non-hydrogen) atoms. The Labute approximate surface area is 204 Å². The zero-order valence-corrected chi connectivity index (χ0v) is 20.3. The number of rotatable bonds is 7. The van der Waals surface area contributed by atoms with Crippen LogP contribution in [0.2, 0.25) is 0 Å². The van der Waals surface area contributed by atoms with E-state index in [9.17, 15) is 5.11 Å². The second-order valence-electron chi connectivity index (χ2n) is 9.20. The van der Waals surface area contributed by atoms with Gasteiger partial charge in [0.25, 0.3) is 0 Å². The highest BCUT2D eigenvalue weighted by molar-refractivity contribution is 5.72. The monoisotopic (exact) mass is 468 g/mol. The zero-order chi connectivity index (χ0) is 24.7. The van der Waals surface area contributed by atoms with Crippen LogP contribution in [0, 0.1) is 38.0 Å². The molecule has 5 rings (SSSR count). The van der Waals surface area contributed by atoms with Gasteiger partial charge < -0.3 is 10.4 Å². The lowest BCUT2D eigenvalue weighted by Gasteiger charge is -2.11. The molecule has 1 atom stereocenters. The van der Waals surface area contributed by atoms with E-state index in [0.717, 1.165) is 46.1 Å². The summed E-state index contributed by atoms with van der Waals surface area (Å²) in [5, 5.41) is 32.2. The molecule has 1 fully saturated rings. The molecule has 1 saturated carbocycles. The fraction of sp³-hybridized carbons (Fsp3) is 0.346. The highest BCUT2D eigenvalue weighted by Gasteiger charge is 2.26. The molecule has 0 amide bonds. The van der Waals surface area contributed by atoms with E-state index in [1.165, 1.54) is 19.2 Å². The van der Waals surface area contributed by atoms with Gasteiger partial charge in [0.2, 0.25) is 0 Å².